The van der Waals surface area contributed by atoms with Crippen molar-refractivity contribution in [3.63, 3.8) is 0 Å². The summed E-state index contributed by atoms with van der Waals surface area (Å²) in [5.41, 5.74) is 2.24. The predicted molar refractivity (Wildman–Crippen MR) is 88.4 cm³/mol. The number of nitrogens with one attached hydrogen (secondary N) is 1. The number of carbonyl (C=O) groups excluding carboxylic acids is 1. The molecule has 0 aliphatic carbocycles. The number of thioether (sulfide) groups is 1. The molecule has 0 atom stereocenters. The van der Waals surface area contributed by atoms with Gasteiger partial charge in [-0.25, -0.2) is 4.98 Å². The molecule has 4 aromatic rings. The number of furan rings is 1. The molecular weight excluding hydrogens is 312 g/mol. The standard InChI is InChI=1S/C17H12N2O3S/c20-16(15-9-11-5-1-3-7-13(11)21-15)18-10-23-17-19-12-6-2-4-8-14(12)22-17/h1-9H,10H2,(H,18,20). The van der Waals surface area contributed by atoms with Gasteiger partial charge >= 0.3 is 0 Å². The minimum Gasteiger partial charge on any atom is -0.451 e. The van der Waals surface area contributed by atoms with E-state index in [2.05, 4.69) is 10.3 Å². The Hall–Kier alpha value is -2.73. The number of amides is 1. The van der Waals surface area contributed by atoms with Gasteiger partial charge in [-0.05, 0) is 36.0 Å². The Kier molecular flexibility index (Phi) is 3.51. The number of rotatable bonds is 4. The van der Waals surface area contributed by atoms with Crippen LogP contribution in [0.2, 0.25) is 0 Å². The van der Waals surface area contributed by atoms with Crippen LogP contribution >= 0.6 is 11.8 Å². The normalized spacial score (nSPS) is 11.1. The summed E-state index contributed by atoms with van der Waals surface area (Å²) in [6, 6.07) is 16.8. The van der Waals surface area contributed by atoms with Crippen molar-refractivity contribution in [2.24, 2.45) is 0 Å². The molecule has 0 saturated carbocycles. The quantitative estimate of drug-likeness (QED) is 0.453. The predicted octanol–water partition coefficient (Wildman–Crippen LogP) is 4.05. The fraction of sp³-hybridized carbons (Fsp3) is 0.0588. The lowest BCUT2D eigenvalue weighted by molar-refractivity contribution is 0.0935. The number of aromatic nitrogens is 1. The first kappa shape index (κ1) is 13.9. The van der Waals surface area contributed by atoms with Gasteiger partial charge in [-0.3, -0.25) is 4.79 Å². The summed E-state index contributed by atoms with van der Waals surface area (Å²) in [6.07, 6.45) is 0. The smallest absolute Gasteiger partial charge is 0.287 e. The number of fused-ring (bicyclic) bond motifs is 2. The van der Waals surface area contributed by atoms with Crippen molar-refractivity contribution in [2.45, 2.75) is 5.22 Å². The van der Waals surface area contributed by atoms with Crippen LogP contribution in [0.15, 0.2) is 68.7 Å². The van der Waals surface area contributed by atoms with Crippen molar-refractivity contribution in [3.8, 4) is 0 Å². The summed E-state index contributed by atoms with van der Waals surface area (Å²) < 4.78 is 11.1. The Balaban J connectivity index is 1.41. The summed E-state index contributed by atoms with van der Waals surface area (Å²) in [6.45, 7) is 0. The molecule has 0 radical (unpaired) electrons. The Morgan fingerprint density at radius 1 is 1.04 bits per heavy atom. The molecule has 114 valence electrons. The van der Waals surface area contributed by atoms with E-state index >= 15 is 0 Å². The second-order valence-corrected chi connectivity index (χ2v) is 5.82. The fourth-order valence-corrected chi connectivity index (χ4v) is 2.90. The molecule has 0 aliphatic heterocycles. The Morgan fingerprint density at radius 2 is 1.83 bits per heavy atom. The van der Waals surface area contributed by atoms with E-state index in [1.807, 2.05) is 48.5 Å². The number of benzene rings is 2. The van der Waals surface area contributed by atoms with Crippen LogP contribution in [0.4, 0.5) is 0 Å². The highest BCUT2D eigenvalue weighted by molar-refractivity contribution is 7.99. The lowest BCUT2D eigenvalue weighted by atomic mass is 10.2. The fourth-order valence-electron chi connectivity index (χ4n) is 2.26. The lowest BCUT2D eigenvalue weighted by Gasteiger charge is -1.99. The van der Waals surface area contributed by atoms with Gasteiger partial charge in [0.15, 0.2) is 11.3 Å². The zero-order chi connectivity index (χ0) is 15.6. The van der Waals surface area contributed by atoms with Crippen molar-refractivity contribution in [1.29, 1.82) is 0 Å². The van der Waals surface area contributed by atoms with E-state index in [9.17, 15) is 4.79 Å². The van der Waals surface area contributed by atoms with Gasteiger partial charge in [-0.2, -0.15) is 0 Å². The molecular formula is C17H12N2O3S. The maximum absolute atomic E-state index is 12.1. The molecule has 0 saturated heterocycles. The van der Waals surface area contributed by atoms with Crippen molar-refractivity contribution in [1.82, 2.24) is 10.3 Å². The summed E-state index contributed by atoms with van der Waals surface area (Å²) in [4.78, 5) is 16.4. The summed E-state index contributed by atoms with van der Waals surface area (Å²) in [7, 11) is 0. The Bertz CT molecular complexity index is 924. The molecule has 0 unspecified atom stereocenters. The van der Waals surface area contributed by atoms with Gasteiger partial charge in [0.25, 0.3) is 11.1 Å². The zero-order valence-corrected chi connectivity index (χ0v) is 12.8. The number of hydrogen-bond donors (Lipinski definition) is 1. The molecule has 0 spiro atoms. The van der Waals surface area contributed by atoms with Crippen LogP contribution in [0.3, 0.4) is 0 Å². The highest BCUT2D eigenvalue weighted by Gasteiger charge is 2.12. The van der Waals surface area contributed by atoms with E-state index in [-0.39, 0.29) is 5.91 Å². The van der Waals surface area contributed by atoms with Gasteiger partial charge in [-0.15, -0.1) is 0 Å². The van der Waals surface area contributed by atoms with Crippen molar-refractivity contribution < 1.29 is 13.6 Å². The van der Waals surface area contributed by atoms with E-state index in [1.165, 1.54) is 11.8 Å². The average Bonchev–Trinajstić information content (AvgIpc) is 3.18. The zero-order valence-electron chi connectivity index (χ0n) is 12.0. The van der Waals surface area contributed by atoms with E-state index in [4.69, 9.17) is 8.83 Å². The van der Waals surface area contributed by atoms with Gasteiger partial charge in [0.05, 0.1) is 5.88 Å². The first-order chi connectivity index (χ1) is 11.3. The maximum Gasteiger partial charge on any atom is 0.287 e. The Labute approximate surface area is 135 Å². The van der Waals surface area contributed by atoms with E-state index < -0.39 is 0 Å². The molecule has 23 heavy (non-hydrogen) atoms. The lowest BCUT2D eigenvalue weighted by Crippen LogP contribution is -2.22. The number of oxazole rings is 1. The Morgan fingerprint density at radius 3 is 2.65 bits per heavy atom. The third-order valence-electron chi connectivity index (χ3n) is 3.35. The molecule has 0 bridgehead atoms. The summed E-state index contributed by atoms with van der Waals surface area (Å²) in [5, 5.41) is 4.21. The SMILES string of the molecule is O=C(NCSc1nc2ccccc2o1)c1cc2ccccc2o1. The highest BCUT2D eigenvalue weighted by Crippen LogP contribution is 2.23. The summed E-state index contributed by atoms with van der Waals surface area (Å²) >= 11 is 1.32. The molecule has 1 N–H and O–H groups in total. The molecule has 6 heteroatoms. The van der Waals surface area contributed by atoms with E-state index in [0.717, 1.165) is 16.5 Å². The molecule has 2 aromatic carbocycles. The van der Waals surface area contributed by atoms with Crippen LogP contribution in [-0.4, -0.2) is 16.8 Å². The number of para-hydroxylation sites is 3. The van der Waals surface area contributed by atoms with Crippen LogP contribution < -0.4 is 5.32 Å². The minimum atomic E-state index is -0.259. The molecule has 1 amide bonds. The van der Waals surface area contributed by atoms with Gasteiger partial charge in [0.2, 0.25) is 0 Å². The second-order valence-electron chi connectivity index (χ2n) is 4.89. The van der Waals surface area contributed by atoms with Crippen LogP contribution in [0.1, 0.15) is 10.6 Å². The molecule has 5 nitrogen and oxygen atoms in total. The summed E-state index contributed by atoms with van der Waals surface area (Å²) in [5.74, 6) is 0.386. The van der Waals surface area contributed by atoms with Crippen LogP contribution in [-0.2, 0) is 0 Å². The minimum absolute atomic E-state index is 0.259. The largest absolute Gasteiger partial charge is 0.451 e. The van der Waals surface area contributed by atoms with Gasteiger partial charge < -0.3 is 14.2 Å². The van der Waals surface area contributed by atoms with Crippen molar-refractivity contribution in [3.05, 3.63) is 60.4 Å². The molecule has 2 aromatic heterocycles. The van der Waals surface area contributed by atoms with Gasteiger partial charge in [0.1, 0.15) is 11.1 Å². The van der Waals surface area contributed by atoms with Crippen LogP contribution in [0.25, 0.3) is 22.1 Å². The van der Waals surface area contributed by atoms with Crippen molar-refractivity contribution >= 4 is 39.7 Å². The monoisotopic (exact) mass is 324 g/mol. The first-order valence-corrected chi connectivity index (χ1v) is 8.03. The highest BCUT2D eigenvalue weighted by atomic mass is 32.2. The second kappa shape index (κ2) is 5.81. The van der Waals surface area contributed by atoms with E-state index in [0.29, 0.717) is 22.4 Å². The molecule has 4 rings (SSSR count). The van der Waals surface area contributed by atoms with E-state index in [1.54, 1.807) is 6.07 Å². The number of carbonyl (C=O) groups is 1. The first-order valence-electron chi connectivity index (χ1n) is 7.05. The van der Waals surface area contributed by atoms with Crippen molar-refractivity contribution in [2.75, 3.05) is 5.88 Å². The maximum atomic E-state index is 12.1. The topological polar surface area (TPSA) is 68.3 Å². The molecule has 0 aliphatic rings. The third kappa shape index (κ3) is 2.80. The van der Waals surface area contributed by atoms with Gasteiger partial charge in [-0.1, -0.05) is 30.3 Å². The van der Waals surface area contributed by atoms with Crippen LogP contribution in [0.5, 0.6) is 0 Å². The van der Waals surface area contributed by atoms with Crippen LogP contribution in [0, 0.1) is 0 Å². The molecule has 2 heterocycles. The van der Waals surface area contributed by atoms with Gasteiger partial charge in [0, 0.05) is 5.39 Å². The molecule has 0 fully saturated rings. The third-order valence-corrected chi connectivity index (χ3v) is 4.06. The number of hydrogen-bond acceptors (Lipinski definition) is 5. The number of nitrogens with zero attached hydrogens (tertiary/aromatic N) is 1. The average molecular weight is 324 g/mol.